The molecule has 96 valence electrons. The highest BCUT2D eigenvalue weighted by Gasteiger charge is 1.99. The Morgan fingerprint density at radius 2 is 1.19 bits per heavy atom. The Kier molecular flexibility index (Phi) is 14.2. The van der Waals surface area contributed by atoms with Gasteiger partial charge in [0.15, 0.2) is 0 Å². The maximum absolute atomic E-state index is 4.40. The summed E-state index contributed by atoms with van der Waals surface area (Å²) in [5.41, 5.74) is 1.42. The fourth-order valence-corrected chi connectivity index (χ4v) is 2.52. The third-order valence-corrected chi connectivity index (χ3v) is 3.89. The van der Waals surface area contributed by atoms with Crippen molar-refractivity contribution in [1.82, 2.24) is 0 Å². The van der Waals surface area contributed by atoms with Gasteiger partial charge in [0.25, 0.3) is 0 Å². The van der Waals surface area contributed by atoms with Gasteiger partial charge in [-0.05, 0) is 38.5 Å². The summed E-state index contributed by atoms with van der Waals surface area (Å²) in [6, 6.07) is 0. The van der Waals surface area contributed by atoms with Crippen LogP contribution in [0.2, 0.25) is 0 Å². The molecular weight excluding hydrogens is 330 g/mol. The number of hydrogen-bond donors (Lipinski definition) is 0. The molecule has 0 bridgehead atoms. The van der Waals surface area contributed by atoms with Gasteiger partial charge >= 0.3 is 0 Å². The van der Waals surface area contributed by atoms with Crippen LogP contribution in [0.4, 0.5) is 0 Å². The van der Waals surface area contributed by atoms with Gasteiger partial charge < -0.3 is 0 Å². The Balaban J connectivity index is 3.38. The van der Waals surface area contributed by atoms with Gasteiger partial charge in [-0.25, -0.2) is 0 Å². The molecule has 0 fully saturated rings. The molecule has 0 aliphatic rings. The normalized spacial score (nSPS) is 12.1. The van der Waals surface area contributed by atoms with Crippen LogP contribution in [-0.4, -0.2) is 23.4 Å². The number of unbranched alkanes of at least 4 members (excludes halogenated alkanes) is 5. The largest absolute Gasteiger partial charge is 0.297 e. The molecule has 0 rings (SSSR count). The Bertz CT molecular complexity index is 169. The van der Waals surface area contributed by atoms with Crippen LogP contribution in [0.5, 0.6) is 0 Å². The van der Waals surface area contributed by atoms with Crippen molar-refractivity contribution in [2.24, 2.45) is 4.99 Å². The predicted octanol–water partition coefficient (Wildman–Crippen LogP) is 5.36. The number of aliphatic imine (C=N–C) groups is 1. The van der Waals surface area contributed by atoms with Crippen LogP contribution in [-0.2, 0) is 0 Å². The second-order valence-electron chi connectivity index (χ2n) is 4.14. The maximum Gasteiger partial charge on any atom is 0.0276 e. The molecule has 0 aromatic heterocycles. The van der Waals surface area contributed by atoms with E-state index in [1.54, 1.807) is 0 Å². The number of alkyl halides is 2. The zero-order chi connectivity index (χ0) is 12.1. The molecule has 0 N–H and O–H groups in total. The van der Waals surface area contributed by atoms with E-state index in [2.05, 4.69) is 36.9 Å². The van der Waals surface area contributed by atoms with E-state index < -0.39 is 0 Å². The summed E-state index contributed by atoms with van der Waals surface area (Å²) >= 11 is 6.93. The zero-order valence-electron chi connectivity index (χ0n) is 10.5. The SMILES string of the molecule is CN=C(CCCCCBr)CCCCCCBr. The lowest BCUT2D eigenvalue weighted by Crippen LogP contribution is -1.99. The van der Waals surface area contributed by atoms with Crippen molar-refractivity contribution in [3.8, 4) is 0 Å². The summed E-state index contributed by atoms with van der Waals surface area (Å²) in [5.74, 6) is 0. The molecule has 16 heavy (non-hydrogen) atoms. The van der Waals surface area contributed by atoms with Gasteiger partial charge in [0.2, 0.25) is 0 Å². The standard InChI is InChI=1S/C13H25Br2N/c1-16-13(10-6-4-8-12-15)9-5-2-3-7-11-14/h2-12H2,1H3. The van der Waals surface area contributed by atoms with Gasteiger partial charge in [0, 0.05) is 23.4 Å². The third-order valence-electron chi connectivity index (χ3n) is 2.76. The summed E-state index contributed by atoms with van der Waals surface area (Å²) in [5, 5.41) is 2.28. The summed E-state index contributed by atoms with van der Waals surface area (Å²) in [4.78, 5) is 4.40. The molecular formula is C13H25Br2N. The molecule has 0 saturated heterocycles. The molecule has 0 spiro atoms. The first-order valence-electron chi connectivity index (χ1n) is 6.41. The molecule has 0 aliphatic carbocycles. The zero-order valence-corrected chi connectivity index (χ0v) is 13.7. The van der Waals surface area contributed by atoms with Crippen molar-refractivity contribution < 1.29 is 0 Å². The molecule has 0 aromatic carbocycles. The molecule has 0 atom stereocenters. The lowest BCUT2D eigenvalue weighted by atomic mass is 10.0. The Morgan fingerprint density at radius 3 is 1.62 bits per heavy atom. The first-order chi connectivity index (χ1) is 7.85. The summed E-state index contributed by atoms with van der Waals surface area (Å²) in [7, 11) is 1.94. The van der Waals surface area contributed by atoms with E-state index in [1.165, 1.54) is 63.5 Å². The van der Waals surface area contributed by atoms with Crippen LogP contribution in [0.3, 0.4) is 0 Å². The minimum atomic E-state index is 1.14. The average Bonchev–Trinajstić information content (AvgIpc) is 2.31. The Labute approximate surface area is 118 Å². The van der Waals surface area contributed by atoms with Crippen LogP contribution >= 0.6 is 31.9 Å². The smallest absolute Gasteiger partial charge is 0.0276 e. The van der Waals surface area contributed by atoms with Crippen LogP contribution in [0.25, 0.3) is 0 Å². The van der Waals surface area contributed by atoms with Gasteiger partial charge in [0.1, 0.15) is 0 Å². The minimum Gasteiger partial charge on any atom is -0.297 e. The second kappa shape index (κ2) is 13.7. The van der Waals surface area contributed by atoms with Crippen LogP contribution in [0, 0.1) is 0 Å². The van der Waals surface area contributed by atoms with Crippen molar-refractivity contribution in [3.63, 3.8) is 0 Å². The van der Waals surface area contributed by atoms with Crippen LogP contribution in [0.1, 0.15) is 57.8 Å². The number of nitrogens with zero attached hydrogens (tertiary/aromatic N) is 1. The van der Waals surface area contributed by atoms with E-state index in [-0.39, 0.29) is 0 Å². The molecule has 0 heterocycles. The molecule has 3 heteroatoms. The molecule has 0 radical (unpaired) electrons. The highest BCUT2D eigenvalue weighted by molar-refractivity contribution is 9.09. The van der Waals surface area contributed by atoms with Crippen molar-refractivity contribution in [3.05, 3.63) is 0 Å². The summed E-state index contributed by atoms with van der Waals surface area (Å²) in [6.07, 6.45) is 11.7. The van der Waals surface area contributed by atoms with Crippen molar-refractivity contribution in [2.75, 3.05) is 17.7 Å². The fourth-order valence-electron chi connectivity index (χ4n) is 1.73. The fraction of sp³-hybridized carbons (Fsp3) is 0.923. The first-order valence-corrected chi connectivity index (χ1v) is 8.66. The summed E-state index contributed by atoms with van der Waals surface area (Å²) < 4.78 is 0. The lowest BCUT2D eigenvalue weighted by molar-refractivity contribution is 0.678. The molecule has 0 amide bonds. The second-order valence-corrected chi connectivity index (χ2v) is 5.73. The average molecular weight is 355 g/mol. The summed E-state index contributed by atoms with van der Waals surface area (Å²) in [6.45, 7) is 0. The molecule has 0 saturated carbocycles. The van der Waals surface area contributed by atoms with E-state index in [9.17, 15) is 0 Å². The van der Waals surface area contributed by atoms with Crippen LogP contribution in [0.15, 0.2) is 4.99 Å². The topological polar surface area (TPSA) is 12.4 Å². The van der Waals surface area contributed by atoms with Gasteiger partial charge in [-0.3, -0.25) is 4.99 Å². The molecule has 0 aromatic rings. The number of hydrogen-bond acceptors (Lipinski definition) is 1. The number of rotatable bonds is 11. The lowest BCUT2D eigenvalue weighted by Gasteiger charge is -2.05. The van der Waals surface area contributed by atoms with Gasteiger partial charge in [-0.15, -0.1) is 0 Å². The van der Waals surface area contributed by atoms with Gasteiger partial charge in [0.05, 0.1) is 0 Å². The predicted molar refractivity (Wildman–Crippen MR) is 82.5 cm³/mol. The number of halogens is 2. The Morgan fingerprint density at radius 1 is 0.750 bits per heavy atom. The van der Waals surface area contributed by atoms with Gasteiger partial charge in [-0.1, -0.05) is 51.1 Å². The third kappa shape index (κ3) is 11.1. The van der Waals surface area contributed by atoms with E-state index >= 15 is 0 Å². The maximum atomic E-state index is 4.40. The van der Waals surface area contributed by atoms with E-state index in [4.69, 9.17) is 0 Å². The van der Waals surface area contributed by atoms with Crippen molar-refractivity contribution in [2.45, 2.75) is 57.8 Å². The van der Waals surface area contributed by atoms with Gasteiger partial charge in [-0.2, -0.15) is 0 Å². The molecule has 0 aliphatic heterocycles. The van der Waals surface area contributed by atoms with E-state index in [1.807, 2.05) is 7.05 Å². The Hall–Kier alpha value is 0.630. The molecule has 0 unspecified atom stereocenters. The quantitative estimate of drug-likeness (QED) is 0.269. The van der Waals surface area contributed by atoms with Crippen LogP contribution < -0.4 is 0 Å². The van der Waals surface area contributed by atoms with Crippen molar-refractivity contribution >= 4 is 37.6 Å². The molecule has 1 nitrogen and oxygen atoms in total. The monoisotopic (exact) mass is 353 g/mol. The van der Waals surface area contributed by atoms with E-state index in [0.717, 1.165) is 10.7 Å². The highest BCUT2D eigenvalue weighted by Crippen LogP contribution is 2.10. The van der Waals surface area contributed by atoms with Crippen molar-refractivity contribution in [1.29, 1.82) is 0 Å². The minimum absolute atomic E-state index is 1.14. The highest BCUT2D eigenvalue weighted by atomic mass is 79.9. The van der Waals surface area contributed by atoms with E-state index in [0.29, 0.717) is 0 Å². The first kappa shape index (κ1) is 16.6.